The Hall–Kier alpha value is -3.21. The summed E-state index contributed by atoms with van der Waals surface area (Å²) in [5.74, 6) is -0.112. The highest BCUT2D eigenvalue weighted by molar-refractivity contribution is 6.06. The minimum Gasteiger partial charge on any atom is -0.369 e. The second-order valence-electron chi connectivity index (χ2n) is 5.00. The van der Waals surface area contributed by atoms with Crippen LogP contribution < -0.4 is 11.5 Å². The van der Waals surface area contributed by atoms with Crippen LogP contribution in [0.1, 0.15) is 27.0 Å². The zero-order chi connectivity index (χ0) is 16.7. The molecule has 0 aliphatic heterocycles. The van der Waals surface area contributed by atoms with Crippen LogP contribution in [0.25, 0.3) is 6.08 Å². The molecular weight excluding hydrogens is 288 g/mol. The van der Waals surface area contributed by atoms with Crippen molar-refractivity contribution >= 4 is 24.0 Å². The van der Waals surface area contributed by atoms with Crippen LogP contribution in [0.5, 0.6) is 0 Å². The second kappa shape index (κ2) is 7.70. The molecule has 2 rings (SSSR count). The van der Waals surface area contributed by atoms with Crippen molar-refractivity contribution in [3.8, 4) is 0 Å². The maximum atomic E-state index is 12.1. The molecule has 0 spiro atoms. The third-order valence-corrected chi connectivity index (χ3v) is 3.08. The average Bonchev–Trinajstić information content (AvgIpc) is 2.54. The fraction of sp³-hybridized carbons (Fsp3) is 0.0556. The van der Waals surface area contributed by atoms with Crippen LogP contribution >= 0.6 is 0 Å². The highest BCUT2D eigenvalue weighted by Gasteiger charge is 2.00. The predicted octanol–water partition coefficient (Wildman–Crippen LogP) is 2.50. The summed E-state index contributed by atoms with van der Waals surface area (Å²) >= 11 is 0. The molecule has 116 valence electrons. The van der Waals surface area contributed by atoms with Crippen LogP contribution in [0, 0.1) is 6.92 Å². The molecule has 4 N–H and O–H groups in total. The van der Waals surface area contributed by atoms with Gasteiger partial charge in [0.1, 0.15) is 0 Å². The third-order valence-electron chi connectivity index (χ3n) is 3.08. The summed E-state index contributed by atoms with van der Waals surface area (Å²) in [6.45, 7) is 1.99. The molecule has 0 unspecified atom stereocenters. The topological polar surface area (TPSA) is 93.8 Å². The lowest BCUT2D eigenvalue weighted by Crippen LogP contribution is -2.21. The molecule has 2 aromatic rings. The number of carbonyl (C=O) groups excluding carboxylic acids is 1. The molecule has 0 heterocycles. The largest absolute Gasteiger partial charge is 0.369 e. The van der Waals surface area contributed by atoms with Crippen molar-refractivity contribution in [1.82, 2.24) is 0 Å². The van der Waals surface area contributed by atoms with Crippen LogP contribution in [0.15, 0.2) is 64.8 Å². The van der Waals surface area contributed by atoms with Gasteiger partial charge in [0, 0.05) is 5.56 Å². The SMILES string of the molecule is Cc1ccc(C(=O)/C=C/c2ccc(/C=N/N=C(N)N)cc2)cc1. The highest BCUT2D eigenvalue weighted by atomic mass is 16.1. The van der Waals surface area contributed by atoms with Gasteiger partial charge in [-0.15, -0.1) is 5.10 Å². The van der Waals surface area contributed by atoms with Gasteiger partial charge >= 0.3 is 0 Å². The van der Waals surface area contributed by atoms with Crippen LogP contribution in [0.3, 0.4) is 0 Å². The van der Waals surface area contributed by atoms with Crippen molar-refractivity contribution in [2.75, 3.05) is 0 Å². The number of aryl methyl sites for hydroxylation is 1. The van der Waals surface area contributed by atoms with Crippen molar-refractivity contribution in [3.63, 3.8) is 0 Å². The van der Waals surface area contributed by atoms with Crippen molar-refractivity contribution in [2.24, 2.45) is 21.7 Å². The molecule has 0 atom stereocenters. The molecule has 0 fully saturated rings. The molecule has 0 amide bonds. The van der Waals surface area contributed by atoms with E-state index < -0.39 is 0 Å². The van der Waals surface area contributed by atoms with Gasteiger partial charge in [-0.1, -0.05) is 60.2 Å². The number of hydrogen-bond acceptors (Lipinski definition) is 3. The molecule has 5 nitrogen and oxygen atoms in total. The van der Waals surface area contributed by atoms with E-state index in [4.69, 9.17) is 11.5 Å². The summed E-state index contributed by atoms with van der Waals surface area (Å²) in [7, 11) is 0. The lowest BCUT2D eigenvalue weighted by molar-refractivity contribution is 0.104. The van der Waals surface area contributed by atoms with Gasteiger partial charge in [-0.3, -0.25) is 4.79 Å². The normalized spacial score (nSPS) is 11.0. The van der Waals surface area contributed by atoms with Crippen molar-refractivity contribution in [2.45, 2.75) is 6.92 Å². The maximum absolute atomic E-state index is 12.1. The van der Waals surface area contributed by atoms with Gasteiger partial charge in [-0.25, -0.2) is 0 Å². The Bertz CT molecular complexity index is 753. The summed E-state index contributed by atoms with van der Waals surface area (Å²) in [6, 6.07) is 15.0. The molecule has 0 radical (unpaired) electrons. The molecule has 0 bridgehead atoms. The summed E-state index contributed by atoms with van der Waals surface area (Å²) in [5.41, 5.74) is 13.9. The van der Waals surface area contributed by atoms with E-state index in [1.165, 1.54) is 0 Å². The lowest BCUT2D eigenvalue weighted by Gasteiger charge is -1.97. The van der Waals surface area contributed by atoms with Crippen LogP contribution in [-0.2, 0) is 0 Å². The quantitative estimate of drug-likeness (QED) is 0.292. The van der Waals surface area contributed by atoms with Gasteiger partial charge in [0.25, 0.3) is 0 Å². The minimum atomic E-state index is -0.0876. The molecule has 0 aromatic heterocycles. The van der Waals surface area contributed by atoms with Crippen molar-refractivity contribution in [1.29, 1.82) is 0 Å². The Morgan fingerprint density at radius 1 is 0.957 bits per heavy atom. The zero-order valence-electron chi connectivity index (χ0n) is 12.8. The molecule has 5 heteroatoms. The Labute approximate surface area is 135 Å². The first-order valence-electron chi connectivity index (χ1n) is 7.06. The number of benzene rings is 2. The lowest BCUT2D eigenvalue weighted by atomic mass is 10.1. The van der Waals surface area contributed by atoms with Gasteiger partial charge in [-0.2, -0.15) is 5.10 Å². The van der Waals surface area contributed by atoms with Crippen molar-refractivity contribution < 1.29 is 4.79 Å². The fourth-order valence-corrected chi connectivity index (χ4v) is 1.84. The van der Waals surface area contributed by atoms with E-state index >= 15 is 0 Å². The summed E-state index contributed by atoms with van der Waals surface area (Å²) in [6.07, 6.45) is 4.89. The van der Waals surface area contributed by atoms with Gasteiger partial charge in [0.05, 0.1) is 6.21 Å². The average molecular weight is 306 g/mol. The number of nitrogens with two attached hydrogens (primary N) is 2. The first-order chi connectivity index (χ1) is 11.0. The van der Waals surface area contributed by atoms with Crippen molar-refractivity contribution in [3.05, 3.63) is 76.9 Å². The Morgan fingerprint density at radius 2 is 1.57 bits per heavy atom. The molecule has 0 saturated heterocycles. The van der Waals surface area contributed by atoms with Crippen LogP contribution in [0.2, 0.25) is 0 Å². The summed E-state index contributed by atoms with van der Waals surface area (Å²) in [4.78, 5) is 12.1. The number of carbonyl (C=O) groups is 1. The van der Waals surface area contributed by atoms with Gasteiger partial charge in [0.2, 0.25) is 5.96 Å². The van der Waals surface area contributed by atoms with E-state index in [1.54, 1.807) is 18.4 Å². The van der Waals surface area contributed by atoms with Crippen LogP contribution in [0.4, 0.5) is 0 Å². The number of allylic oxidation sites excluding steroid dienone is 1. The number of ketones is 1. The minimum absolute atomic E-state index is 0.0246. The Balaban J connectivity index is 2.02. The monoisotopic (exact) mass is 306 g/mol. The number of guanidine groups is 1. The van der Waals surface area contributed by atoms with E-state index in [2.05, 4.69) is 10.2 Å². The van der Waals surface area contributed by atoms with Gasteiger partial charge < -0.3 is 11.5 Å². The highest BCUT2D eigenvalue weighted by Crippen LogP contribution is 2.08. The Morgan fingerprint density at radius 3 is 2.17 bits per heavy atom. The molecule has 23 heavy (non-hydrogen) atoms. The van der Waals surface area contributed by atoms with E-state index in [0.29, 0.717) is 5.56 Å². The van der Waals surface area contributed by atoms with Gasteiger partial charge in [0.15, 0.2) is 5.78 Å². The van der Waals surface area contributed by atoms with E-state index in [-0.39, 0.29) is 11.7 Å². The second-order valence-corrected chi connectivity index (χ2v) is 5.00. The van der Waals surface area contributed by atoms with Gasteiger partial charge in [-0.05, 0) is 24.1 Å². The first-order valence-corrected chi connectivity index (χ1v) is 7.06. The standard InChI is InChI=1S/C18H18N4O/c1-13-2-9-16(10-3-13)17(23)11-8-14-4-6-15(7-5-14)12-21-22-18(19)20/h2-12H,1H3,(H4,19,20,22)/b11-8+,21-12+. The van der Waals surface area contributed by atoms with E-state index in [9.17, 15) is 4.79 Å². The fourth-order valence-electron chi connectivity index (χ4n) is 1.84. The Kier molecular flexibility index (Phi) is 5.41. The molecule has 2 aromatic carbocycles. The number of hydrogen-bond donors (Lipinski definition) is 2. The number of nitrogens with zero attached hydrogens (tertiary/aromatic N) is 2. The first kappa shape index (κ1) is 16.2. The maximum Gasteiger partial charge on any atom is 0.211 e. The molecule has 0 aliphatic rings. The number of rotatable bonds is 5. The predicted molar refractivity (Wildman–Crippen MR) is 94.4 cm³/mol. The smallest absolute Gasteiger partial charge is 0.211 e. The van der Waals surface area contributed by atoms with Crippen LogP contribution in [-0.4, -0.2) is 18.0 Å². The summed E-state index contributed by atoms with van der Waals surface area (Å²) in [5, 5.41) is 7.26. The van der Waals surface area contributed by atoms with E-state index in [1.807, 2.05) is 55.5 Å². The van der Waals surface area contributed by atoms with E-state index in [0.717, 1.165) is 16.7 Å². The zero-order valence-corrected chi connectivity index (χ0v) is 12.8. The third kappa shape index (κ3) is 5.24. The molecule has 0 aliphatic carbocycles. The molecule has 0 saturated carbocycles. The summed E-state index contributed by atoms with van der Waals surface area (Å²) < 4.78 is 0. The molecular formula is C18H18N4O.